The van der Waals surface area contributed by atoms with Crippen molar-refractivity contribution in [2.45, 2.75) is 13.0 Å². The van der Waals surface area contributed by atoms with Crippen LogP contribution in [0.25, 0.3) is 0 Å². The van der Waals surface area contributed by atoms with Gasteiger partial charge in [-0.05, 0) is 62.5 Å². The van der Waals surface area contributed by atoms with Crippen molar-refractivity contribution in [1.82, 2.24) is 4.90 Å². The van der Waals surface area contributed by atoms with Gasteiger partial charge in [0.25, 0.3) is 0 Å². The van der Waals surface area contributed by atoms with Crippen molar-refractivity contribution >= 4 is 39.1 Å². The van der Waals surface area contributed by atoms with Gasteiger partial charge in [-0.25, -0.2) is 0 Å². The highest BCUT2D eigenvalue weighted by molar-refractivity contribution is 9.10. The smallest absolute Gasteiger partial charge is 0.241 e. The van der Waals surface area contributed by atoms with Crippen LogP contribution < -0.4 is 15.4 Å². The van der Waals surface area contributed by atoms with Gasteiger partial charge < -0.3 is 15.4 Å². The molecular formula is C19H22BrN3O3. The minimum absolute atomic E-state index is 0.0982. The second-order valence-corrected chi connectivity index (χ2v) is 6.78. The lowest BCUT2D eigenvalue weighted by Crippen LogP contribution is -2.43. The summed E-state index contributed by atoms with van der Waals surface area (Å²) in [6.45, 7) is 1.86. The maximum Gasteiger partial charge on any atom is 0.241 e. The van der Waals surface area contributed by atoms with Crippen LogP contribution in [0, 0.1) is 0 Å². The van der Waals surface area contributed by atoms with Crippen LogP contribution in [-0.2, 0) is 9.59 Å². The van der Waals surface area contributed by atoms with Crippen molar-refractivity contribution in [3.8, 4) is 5.75 Å². The van der Waals surface area contributed by atoms with Crippen LogP contribution in [0.15, 0.2) is 53.0 Å². The Morgan fingerprint density at radius 2 is 1.58 bits per heavy atom. The van der Waals surface area contributed by atoms with Gasteiger partial charge >= 0.3 is 0 Å². The molecule has 0 saturated heterocycles. The van der Waals surface area contributed by atoms with Crippen molar-refractivity contribution in [1.29, 1.82) is 0 Å². The third-order valence-electron chi connectivity index (χ3n) is 3.92. The van der Waals surface area contributed by atoms with Crippen LogP contribution in [0.5, 0.6) is 5.75 Å². The lowest BCUT2D eigenvalue weighted by Gasteiger charge is -2.23. The molecule has 0 aliphatic heterocycles. The largest absolute Gasteiger partial charge is 0.497 e. The maximum atomic E-state index is 12.3. The number of ether oxygens (including phenoxy) is 1. The molecule has 7 heteroatoms. The minimum Gasteiger partial charge on any atom is -0.497 e. The molecule has 0 unspecified atom stereocenters. The molecule has 6 nitrogen and oxygen atoms in total. The molecule has 0 spiro atoms. The molecule has 2 N–H and O–H groups in total. The van der Waals surface area contributed by atoms with Crippen LogP contribution in [-0.4, -0.2) is 43.5 Å². The van der Waals surface area contributed by atoms with Gasteiger partial charge in [0.15, 0.2) is 0 Å². The molecule has 2 aromatic rings. The van der Waals surface area contributed by atoms with Crippen molar-refractivity contribution in [3.63, 3.8) is 0 Å². The van der Waals surface area contributed by atoms with Crippen molar-refractivity contribution in [2.24, 2.45) is 0 Å². The van der Waals surface area contributed by atoms with Crippen LogP contribution >= 0.6 is 15.9 Å². The maximum absolute atomic E-state index is 12.3. The molecule has 2 aromatic carbocycles. The van der Waals surface area contributed by atoms with Crippen molar-refractivity contribution in [2.75, 3.05) is 31.3 Å². The Labute approximate surface area is 161 Å². The zero-order chi connectivity index (χ0) is 19.1. The van der Waals surface area contributed by atoms with E-state index in [0.717, 1.165) is 10.2 Å². The SMILES string of the molecule is COc1ccc(NC(=O)CN(C)[C@@H](C)C(=O)Nc2ccc(Br)cc2)cc1. The normalized spacial score (nSPS) is 11.7. The molecule has 0 saturated carbocycles. The van der Waals surface area contributed by atoms with E-state index >= 15 is 0 Å². The highest BCUT2D eigenvalue weighted by atomic mass is 79.9. The Morgan fingerprint density at radius 1 is 1.04 bits per heavy atom. The monoisotopic (exact) mass is 419 g/mol. The number of nitrogens with zero attached hydrogens (tertiary/aromatic N) is 1. The van der Waals surface area contributed by atoms with Crippen LogP contribution in [0.4, 0.5) is 11.4 Å². The number of amides is 2. The Balaban J connectivity index is 1.86. The molecule has 0 radical (unpaired) electrons. The molecule has 0 fully saturated rings. The fraction of sp³-hybridized carbons (Fsp3) is 0.263. The van der Waals surface area contributed by atoms with Gasteiger partial charge in [-0.1, -0.05) is 15.9 Å². The standard InChI is InChI=1S/C19H22BrN3O3/c1-13(19(25)22-16-6-4-14(20)5-7-16)23(2)12-18(24)21-15-8-10-17(26-3)11-9-15/h4-11,13H,12H2,1-3H3,(H,21,24)(H,22,25)/t13-/m0/s1. The van der Waals surface area contributed by atoms with Crippen molar-refractivity contribution in [3.05, 3.63) is 53.0 Å². The molecule has 0 aromatic heterocycles. The quantitative estimate of drug-likeness (QED) is 0.721. The van der Waals surface area contributed by atoms with E-state index < -0.39 is 6.04 Å². The summed E-state index contributed by atoms with van der Waals surface area (Å²) in [5, 5.41) is 5.64. The Kier molecular flexibility index (Phi) is 7.17. The van der Waals surface area contributed by atoms with Gasteiger partial charge in [0.1, 0.15) is 5.75 Å². The number of rotatable bonds is 7. The van der Waals surface area contributed by atoms with E-state index in [9.17, 15) is 9.59 Å². The molecule has 0 heterocycles. The number of hydrogen-bond acceptors (Lipinski definition) is 4. The van der Waals surface area contributed by atoms with E-state index in [0.29, 0.717) is 11.4 Å². The average molecular weight is 420 g/mol. The summed E-state index contributed by atoms with van der Waals surface area (Å²) in [6, 6.07) is 13.9. The molecule has 138 valence electrons. The Bertz CT molecular complexity index is 748. The summed E-state index contributed by atoms with van der Waals surface area (Å²) in [5.74, 6) is 0.353. The summed E-state index contributed by atoms with van der Waals surface area (Å²) in [5.41, 5.74) is 1.39. The zero-order valence-corrected chi connectivity index (χ0v) is 16.5. The first-order valence-electron chi connectivity index (χ1n) is 8.09. The fourth-order valence-electron chi connectivity index (χ4n) is 2.22. The molecule has 0 aliphatic carbocycles. The number of methoxy groups -OCH3 is 1. The lowest BCUT2D eigenvalue weighted by molar-refractivity contribution is -0.122. The molecule has 0 bridgehead atoms. The highest BCUT2D eigenvalue weighted by Crippen LogP contribution is 2.16. The number of carbonyl (C=O) groups excluding carboxylic acids is 2. The van der Waals surface area contributed by atoms with Gasteiger partial charge in [-0.15, -0.1) is 0 Å². The van der Waals surface area contributed by atoms with E-state index in [4.69, 9.17) is 4.74 Å². The number of halogens is 1. The van der Waals surface area contributed by atoms with Crippen LogP contribution in [0.1, 0.15) is 6.92 Å². The number of carbonyl (C=O) groups is 2. The molecule has 1 atom stereocenters. The molecule has 26 heavy (non-hydrogen) atoms. The van der Waals surface area contributed by atoms with E-state index in [2.05, 4.69) is 26.6 Å². The third kappa shape index (κ3) is 5.86. The second kappa shape index (κ2) is 9.35. The predicted molar refractivity (Wildman–Crippen MR) is 106 cm³/mol. The number of likely N-dealkylation sites (N-methyl/N-ethyl adjacent to an activating group) is 1. The van der Waals surface area contributed by atoms with E-state index in [1.807, 2.05) is 24.3 Å². The molecule has 2 rings (SSSR count). The minimum atomic E-state index is -0.458. The molecule has 2 amide bonds. The van der Waals surface area contributed by atoms with Crippen LogP contribution in [0.3, 0.4) is 0 Å². The number of benzene rings is 2. The van der Waals surface area contributed by atoms with Gasteiger partial charge in [0.05, 0.1) is 19.7 Å². The Hall–Kier alpha value is -2.38. The zero-order valence-electron chi connectivity index (χ0n) is 15.0. The van der Waals surface area contributed by atoms with Gasteiger partial charge in [-0.2, -0.15) is 0 Å². The number of nitrogens with one attached hydrogen (secondary N) is 2. The van der Waals surface area contributed by atoms with E-state index in [1.165, 1.54) is 0 Å². The predicted octanol–water partition coefficient (Wildman–Crippen LogP) is 3.36. The van der Waals surface area contributed by atoms with Crippen molar-refractivity contribution < 1.29 is 14.3 Å². The molecule has 0 aliphatic rings. The summed E-state index contributed by atoms with van der Waals surface area (Å²) < 4.78 is 6.02. The van der Waals surface area contributed by atoms with Gasteiger partial charge in [0, 0.05) is 15.8 Å². The molecular weight excluding hydrogens is 398 g/mol. The average Bonchev–Trinajstić information content (AvgIpc) is 2.63. The second-order valence-electron chi connectivity index (χ2n) is 5.86. The number of anilines is 2. The first-order valence-corrected chi connectivity index (χ1v) is 8.89. The highest BCUT2D eigenvalue weighted by Gasteiger charge is 2.20. The summed E-state index contributed by atoms with van der Waals surface area (Å²) in [4.78, 5) is 26.2. The lowest BCUT2D eigenvalue weighted by atomic mass is 10.2. The third-order valence-corrected chi connectivity index (χ3v) is 4.45. The fourth-order valence-corrected chi connectivity index (χ4v) is 2.48. The summed E-state index contributed by atoms with van der Waals surface area (Å²) in [6.07, 6.45) is 0. The van der Waals surface area contributed by atoms with E-state index in [1.54, 1.807) is 50.2 Å². The van der Waals surface area contributed by atoms with Gasteiger partial charge in [-0.3, -0.25) is 14.5 Å². The number of hydrogen-bond donors (Lipinski definition) is 2. The summed E-state index contributed by atoms with van der Waals surface area (Å²) >= 11 is 3.35. The first kappa shape index (κ1) is 19.9. The summed E-state index contributed by atoms with van der Waals surface area (Å²) in [7, 11) is 3.32. The van der Waals surface area contributed by atoms with Crippen LogP contribution in [0.2, 0.25) is 0 Å². The van der Waals surface area contributed by atoms with E-state index in [-0.39, 0.29) is 18.4 Å². The Morgan fingerprint density at radius 3 is 2.15 bits per heavy atom. The topological polar surface area (TPSA) is 70.7 Å². The van der Waals surface area contributed by atoms with Gasteiger partial charge in [0.2, 0.25) is 11.8 Å². The first-order chi connectivity index (χ1) is 12.4.